The lowest BCUT2D eigenvalue weighted by atomic mass is 10.1. The Labute approximate surface area is 485 Å². The van der Waals surface area contributed by atoms with Crippen LogP contribution in [0.4, 0.5) is 0 Å². The van der Waals surface area contributed by atoms with Gasteiger partial charge in [-0.25, -0.2) is 0 Å². The second kappa shape index (κ2) is 57.4. The molecule has 0 fully saturated rings. The molecule has 0 heterocycles. The molecule has 0 spiro atoms. The zero-order valence-electron chi connectivity index (χ0n) is 51.3. The van der Waals surface area contributed by atoms with Gasteiger partial charge in [-0.2, -0.15) is 0 Å². The summed E-state index contributed by atoms with van der Waals surface area (Å²) in [5.74, 6) is -0.624. The number of hydrogen-bond donors (Lipinski definition) is 1. The van der Waals surface area contributed by atoms with Crippen molar-refractivity contribution in [3.63, 3.8) is 0 Å². The molecule has 450 valence electrons. The molecule has 0 aliphatic rings. The smallest absolute Gasteiger partial charge is 0.306 e. The number of nitrogens with one attached hydrogen (secondary N) is 1. The van der Waals surface area contributed by atoms with E-state index in [1.807, 2.05) is 33.3 Å². The maximum atomic E-state index is 13.5. The fourth-order valence-corrected chi connectivity index (χ4v) is 8.94. The topological polar surface area (TPSA) is 114 Å². The summed E-state index contributed by atoms with van der Waals surface area (Å²) in [5.41, 5.74) is 0. The lowest BCUT2D eigenvalue weighted by molar-refractivity contribution is -0.870. The van der Waals surface area contributed by atoms with Gasteiger partial charge >= 0.3 is 5.97 Å². The molecule has 0 aromatic rings. The molecule has 1 N–H and O–H groups in total. The van der Waals surface area contributed by atoms with Gasteiger partial charge in [0.1, 0.15) is 19.3 Å². The Morgan fingerprint density at radius 1 is 0.456 bits per heavy atom. The number of quaternary nitrogens is 1. The Hall–Kier alpha value is -3.85. The monoisotopic (exact) mass is 1120 g/mol. The standard InChI is InChI=1S/C69H117N2O7P/c1-7-10-13-16-19-22-25-27-29-31-33-35-37-39-41-43-46-49-52-55-58-61-68(72)70-66(65-77-79(74,75)76-64-63-71(4,5)6)67(60-57-54-51-48-45-24-21-18-15-12-9-3)78-69(73)62-59-56-53-50-47-44-42-40-38-36-34-32-30-28-26-23-20-17-14-11-8-2/h10,13,19-20,22-23,27-30,33-36,39-42,46,49,57,60,66-67H,7-9,11-12,14-18,21,24-26,31-32,37-38,43-45,47-48,50-56,58-59,61-65H2,1-6H3,(H-,70,72,74,75)/b13-10-,22-19-,23-20-,29-27-,30-28-,35-33-,36-34-,41-39-,42-40-,49-46-,60-57+. The SMILES string of the molecule is CC/C=C\C/C=C\C/C=C\C/C=C\C/C=C\C/C=C\CCCCC(=O)NC(COP(=O)([O-])OCC[N+](C)(C)C)C(/C=C/CCCCCCCCCCC)OC(=O)CCCCCCC/C=C\C/C=C\C/C=C\C/C=C\CCCCC. The quantitative estimate of drug-likeness (QED) is 0.0212. The normalized spacial score (nSPS) is 14.6. The average Bonchev–Trinajstić information content (AvgIpc) is 3.41. The first kappa shape index (κ1) is 75.2. The molecule has 0 rings (SSSR count). The van der Waals surface area contributed by atoms with Crippen LogP contribution in [0.25, 0.3) is 0 Å². The van der Waals surface area contributed by atoms with Crippen molar-refractivity contribution in [1.29, 1.82) is 0 Å². The first-order valence-electron chi connectivity index (χ1n) is 31.5. The minimum atomic E-state index is -4.73. The second-order valence-electron chi connectivity index (χ2n) is 21.8. The number of nitrogens with zero attached hydrogens (tertiary/aromatic N) is 1. The number of hydrogen-bond acceptors (Lipinski definition) is 7. The van der Waals surface area contributed by atoms with E-state index in [4.69, 9.17) is 13.8 Å². The van der Waals surface area contributed by atoms with E-state index >= 15 is 0 Å². The molecule has 0 radical (unpaired) electrons. The van der Waals surface area contributed by atoms with Gasteiger partial charge in [0.25, 0.3) is 7.82 Å². The summed E-state index contributed by atoms with van der Waals surface area (Å²) >= 11 is 0. The van der Waals surface area contributed by atoms with Gasteiger partial charge in [0.2, 0.25) is 5.91 Å². The van der Waals surface area contributed by atoms with Gasteiger partial charge in [-0.3, -0.25) is 14.2 Å². The van der Waals surface area contributed by atoms with Crippen molar-refractivity contribution in [2.45, 2.75) is 251 Å². The highest BCUT2D eigenvalue weighted by Gasteiger charge is 2.27. The lowest BCUT2D eigenvalue weighted by Gasteiger charge is -2.30. The van der Waals surface area contributed by atoms with E-state index in [0.29, 0.717) is 23.9 Å². The van der Waals surface area contributed by atoms with Crippen LogP contribution in [0.2, 0.25) is 0 Å². The Morgan fingerprint density at radius 2 is 0.810 bits per heavy atom. The molecule has 3 unspecified atom stereocenters. The summed E-state index contributed by atoms with van der Waals surface area (Å²) in [7, 11) is 1.12. The zero-order chi connectivity index (χ0) is 57.9. The molecule has 0 saturated carbocycles. The molecule has 0 aromatic heterocycles. The van der Waals surface area contributed by atoms with Crippen LogP contribution < -0.4 is 10.2 Å². The number of likely N-dealkylation sites (N-methyl/N-ethyl adjacent to an activating group) is 1. The van der Waals surface area contributed by atoms with Crippen LogP contribution in [0.3, 0.4) is 0 Å². The minimum Gasteiger partial charge on any atom is -0.756 e. The van der Waals surface area contributed by atoms with E-state index in [9.17, 15) is 19.0 Å². The number of esters is 1. The highest BCUT2D eigenvalue weighted by molar-refractivity contribution is 7.45. The third-order valence-corrected chi connectivity index (χ3v) is 14.0. The fraction of sp³-hybridized carbons (Fsp3) is 0.652. The summed E-state index contributed by atoms with van der Waals surface area (Å²) in [6, 6.07) is -0.929. The minimum absolute atomic E-state index is 0.0420. The van der Waals surface area contributed by atoms with Gasteiger partial charge in [-0.15, -0.1) is 0 Å². The van der Waals surface area contributed by atoms with Crippen molar-refractivity contribution in [3.05, 3.63) is 134 Å². The Morgan fingerprint density at radius 3 is 1.25 bits per heavy atom. The van der Waals surface area contributed by atoms with Crippen molar-refractivity contribution >= 4 is 19.7 Å². The summed E-state index contributed by atoms with van der Waals surface area (Å²) in [6.07, 6.45) is 81.4. The van der Waals surface area contributed by atoms with E-state index in [-0.39, 0.29) is 31.3 Å². The highest BCUT2D eigenvalue weighted by atomic mass is 31.2. The summed E-state index contributed by atoms with van der Waals surface area (Å²) < 4.78 is 30.3. The number of unbranched alkanes of at least 4 members (excludes halogenated alkanes) is 19. The number of phosphoric acid groups is 1. The van der Waals surface area contributed by atoms with E-state index in [1.165, 1.54) is 70.6 Å². The molecular weight excluding hydrogens is 1000 g/mol. The number of amides is 1. The van der Waals surface area contributed by atoms with Crippen molar-refractivity contribution in [2.75, 3.05) is 40.9 Å². The number of carbonyl (C=O) groups excluding carboxylic acids is 2. The number of carbonyl (C=O) groups is 2. The molecule has 0 aliphatic carbocycles. The van der Waals surface area contributed by atoms with Crippen molar-refractivity contribution in [3.8, 4) is 0 Å². The van der Waals surface area contributed by atoms with Crippen molar-refractivity contribution in [2.24, 2.45) is 0 Å². The van der Waals surface area contributed by atoms with Crippen LogP contribution in [0, 0.1) is 0 Å². The molecule has 79 heavy (non-hydrogen) atoms. The third kappa shape index (κ3) is 58.6. The van der Waals surface area contributed by atoms with Gasteiger partial charge in [0.15, 0.2) is 0 Å². The first-order valence-corrected chi connectivity index (χ1v) is 33.0. The number of allylic oxidation sites excluding steroid dienone is 21. The van der Waals surface area contributed by atoms with Gasteiger partial charge in [-0.1, -0.05) is 232 Å². The zero-order valence-corrected chi connectivity index (χ0v) is 52.2. The molecule has 1 amide bonds. The summed E-state index contributed by atoms with van der Waals surface area (Å²) in [4.78, 5) is 40.0. The molecule has 10 heteroatoms. The van der Waals surface area contributed by atoms with Gasteiger partial charge in [0, 0.05) is 12.8 Å². The number of ether oxygens (including phenoxy) is 1. The van der Waals surface area contributed by atoms with Crippen LogP contribution in [0.5, 0.6) is 0 Å². The molecule has 0 bridgehead atoms. The van der Waals surface area contributed by atoms with Crippen LogP contribution in [-0.2, 0) is 27.9 Å². The van der Waals surface area contributed by atoms with Gasteiger partial charge < -0.3 is 28.5 Å². The molecular formula is C69H117N2O7P. The van der Waals surface area contributed by atoms with E-state index in [1.54, 1.807) is 0 Å². The van der Waals surface area contributed by atoms with E-state index < -0.39 is 26.6 Å². The average molecular weight is 1120 g/mol. The maximum absolute atomic E-state index is 13.5. The predicted octanol–water partition coefficient (Wildman–Crippen LogP) is 19.0. The Kier molecular flexibility index (Phi) is 54.6. The molecule has 0 aliphatic heterocycles. The van der Waals surface area contributed by atoms with Crippen LogP contribution in [-0.4, -0.2) is 69.4 Å². The summed E-state index contributed by atoms with van der Waals surface area (Å²) in [5, 5.41) is 2.99. The predicted molar refractivity (Wildman–Crippen MR) is 339 cm³/mol. The van der Waals surface area contributed by atoms with Crippen LogP contribution in [0.15, 0.2) is 134 Å². The lowest BCUT2D eigenvalue weighted by Crippen LogP contribution is -2.47. The van der Waals surface area contributed by atoms with Crippen LogP contribution >= 0.6 is 7.82 Å². The third-order valence-electron chi connectivity index (χ3n) is 13.1. The first-order chi connectivity index (χ1) is 38.4. The molecule has 9 nitrogen and oxygen atoms in total. The fourth-order valence-electron chi connectivity index (χ4n) is 8.21. The Bertz CT molecular complexity index is 1810. The number of rotatable bonds is 55. The maximum Gasteiger partial charge on any atom is 0.306 e. The van der Waals surface area contributed by atoms with Crippen molar-refractivity contribution in [1.82, 2.24) is 5.32 Å². The van der Waals surface area contributed by atoms with E-state index in [2.05, 4.69) is 148 Å². The molecule has 0 saturated heterocycles. The molecule has 0 aromatic carbocycles. The van der Waals surface area contributed by atoms with Gasteiger partial charge in [0.05, 0.1) is 33.8 Å². The van der Waals surface area contributed by atoms with E-state index in [0.717, 1.165) is 122 Å². The highest BCUT2D eigenvalue weighted by Crippen LogP contribution is 2.38. The number of phosphoric ester groups is 1. The molecule has 3 atom stereocenters. The van der Waals surface area contributed by atoms with Gasteiger partial charge in [-0.05, 0) is 128 Å². The van der Waals surface area contributed by atoms with Crippen molar-refractivity contribution < 1.29 is 37.3 Å². The second-order valence-corrected chi connectivity index (χ2v) is 23.2. The largest absolute Gasteiger partial charge is 0.756 e. The Balaban J connectivity index is 5.34. The van der Waals surface area contributed by atoms with Crippen LogP contribution in [0.1, 0.15) is 239 Å². The summed E-state index contributed by atoms with van der Waals surface area (Å²) in [6.45, 7) is 6.63.